The largest absolute Gasteiger partial charge is 0.521 e. The first-order valence-corrected chi connectivity index (χ1v) is 4.12. The highest BCUT2D eigenvalue weighted by atomic mass is 28.2. The summed E-state index contributed by atoms with van der Waals surface area (Å²) in [5.74, 6) is 1.27. The van der Waals surface area contributed by atoms with E-state index in [4.69, 9.17) is 5.11 Å². The van der Waals surface area contributed by atoms with E-state index in [1.165, 1.54) is 5.86 Å². The summed E-state index contributed by atoms with van der Waals surface area (Å²) in [7, 11) is -0.443. The predicted octanol–water partition coefficient (Wildman–Crippen LogP) is 0.455. The number of hydrogen-bond donors (Lipinski definition) is 1. The van der Waals surface area contributed by atoms with Crippen molar-refractivity contribution in [3.05, 3.63) is 0 Å². The van der Waals surface area contributed by atoms with Gasteiger partial charge in [-0.3, -0.25) is 0 Å². The van der Waals surface area contributed by atoms with Gasteiger partial charge in [-0.25, -0.2) is 0 Å². The van der Waals surface area contributed by atoms with Gasteiger partial charge >= 0.3 is 0 Å². The van der Waals surface area contributed by atoms with Crippen LogP contribution in [0.3, 0.4) is 0 Å². The van der Waals surface area contributed by atoms with Gasteiger partial charge in [-0.1, -0.05) is 13.1 Å². The van der Waals surface area contributed by atoms with Crippen LogP contribution in [0, 0.1) is 0 Å². The van der Waals surface area contributed by atoms with Gasteiger partial charge in [0.1, 0.15) is 0 Å². The fraction of sp³-hybridized carbons (Fsp3) is 0.667. The number of hydrogen-bond acceptors (Lipinski definition) is 1. The van der Waals surface area contributed by atoms with Crippen molar-refractivity contribution in [2.24, 2.45) is 0 Å². The monoisotopic (exact) mass is 88.0 g/mol. The van der Waals surface area contributed by atoms with E-state index in [0.29, 0.717) is 0 Å². The zero-order chi connectivity index (χ0) is 4.28. The molecule has 0 atom stereocenters. The second-order valence-electron chi connectivity index (χ2n) is 1.21. The van der Waals surface area contributed by atoms with E-state index >= 15 is 0 Å². The molecule has 2 heteroatoms. The maximum atomic E-state index is 8.06. The molecule has 0 saturated heterocycles. The summed E-state index contributed by atoms with van der Waals surface area (Å²) in [5, 5.41) is 8.06. The minimum atomic E-state index is -0.443. The minimum Gasteiger partial charge on any atom is -0.521 e. The van der Waals surface area contributed by atoms with E-state index in [9.17, 15) is 0 Å². The van der Waals surface area contributed by atoms with Gasteiger partial charge in [-0.05, 0) is 0 Å². The fourth-order valence-corrected chi connectivity index (χ4v) is 0. The molecule has 0 unspecified atom stereocenters. The highest BCUT2D eigenvalue weighted by Gasteiger charge is 1.66. The van der Waals surface area contributed by atoms with Crippen LogP contribution in [0.2, 0.25) is 13.1 Å². The molecular formula is C3H8OSi. The molecule has 0 bridgehead atoms. The van der Waals surface area contributed by atoms with Gasteiger partial charge in [0.15, 0.2) is 0 Å². The highest BCUT2D eigenvalue weighted by molar-refractivity contribution is 6.61. The van der Waals surface area contributed by atoms with Crippen molar-refractivity contribution in [3.8, 4) is 0 Å². The number of aliphatic hydroxyl groups is 1. The van der Waals surface area contributed by atoms with E-state index in [-0.39, 0.29) is 0 Å². The summed E-state index contributed by atoms with van der Waals surface area (Å²) in [5.41, 5.74) is 0. The second-order valence-corrected chi connectivity index (χ2v) is 3.62. The summed E-state index contributed by atoms with van der Waals surface area (Å²) in [6.07, 6.45) is 0. The summed E-state index contributed by atoms with van der Waals surface area (Å²) < 4.78 is 0. The molecule has 0 saturated carbocycles. The molecule has 0 fully saturated rings. The molecule has 0 aliphatic heterocycles. The third kappa shape index (κ3) is 3.89. The number of rotatable bonds is 0. The lowest BCUT2D eigenvalue weighted by Crippen LogP contribution is -1.87. The molecule has 0 aromatic rings. The number of aliphatic hydroxyl groups excluding tert-OH is 1. The molecule has 0 spiro atoms. The molecular weight excluding hydrogens is 80.1 g/mol. The zero-order valence-electron chi connectivity index (χ0n) is 3.52. The molecule has 0 heterocycles. The van der Waals surface area contributed by atoms with Crippen LogP contribution in [0.15, 0.2) is 0 Å². The van der Waals surface area contributed by atoms with E-state index in [2.05, 4.69) is 0 Å². The van der Waals surface area contributed by atoms with Crippen molar-refractivity contribution in [1.29, 1.82) is 0 Å². The minimum absolute atomic E-state index is 0.443. The normalized spacial score (nSPS) is 6.80. The van der Waals surface area contributed by atoms with Crippen molar-refractivity contribution in [1.82, 2.24) is 0 Å². The lowest BCUT2D eigenvalue weighted by molar-refractivity contribution is 0.591. The highest BCUT2D eigenvalue weighted by Crippen LogP contribution is 1.53. The molecule has 0 aromatic carbocycles. The van der Waals surface area contributed by atoms with Gasteiger partial charge in [0.2, 0.25) is 0 Å². The van der Waals surface area contributed by atoms with Crippen molar-refractivity contribution in [2.75, 3.05) is 0 Å². The third-order valence-corrected chi connectivity index (χ3v) is 0.775. The van der Waals surface area contributed by atoms with Crippen LogP contribution in [-0.2, 0) is 0 Å². The van der Waals surface area contributed by atoms with Crippen LogP contribution in [-0.4, -0.2) is 19.4 Å². The SMILES string of the molecule is C[Si](C)=CO. The molecule has 0 aliphatic carbocycles. The average Bonchev–Trinajstić information content (AvgIpc) is 1.38. The third-order valence-electron chi connectivity index (χ3n) is 0.258. The Morgan fingerprint density at radius 1 is 1.60 bits per heavy atom. The van der Waals surface area contributed by atoms with Crippen LogP contribution in [0.1, 0.15) is 0 Å². The van der Waals surface area contributed by atoms with E-state index < -0.39 is 8.41 Å². The average molecular weight is 88.2 g/mol. The van der Waals surface area contributed by atoms with E-state index in [0.717, 1.165) is 0 Å². The van der Waals surface area contributed by atoms with Crippen LogP contribution in [0.4, 0.5) is 0 Å². The van der Waals surface area contributed by atoms with Gasteiger partial charge in [-0.15, -0.1) is 0 Å². The fourth-order valence-electron chi connectivity index (χ4n) is 0. The topological polar surface area (TPSA) is 20.2 Å². The Hall–Kier alpha value is -0.113. The molecule has 30 valence electrons. The Bertz CT molecular complexity index is 44.9. The van der Waals surface area contributed by atoms with E-state index in [1.54, 1.807) is 0 Å². The Kier molecular flexibility index (Phi) is 2.10. The molecule has 0 rings (SSSR count). The standard InChI is InChI=1S/C3H8OSi/c1-5(2)3-4/h3-4H,1-2H3. The van der Waals surface area contributed by atoms with Crippen molar-refractivity contribution < 1.29 is 5.11 Å². The smallest absolute Gasteiger partial charge is 0.0505 e. The van der Waals surface area contributed by atoms with Gasteiger partial charge in [-0.2, -0.15) is 0 Å². The van der Waals surface area contributed by atoms with Gasteiger partial charge in [0.05, 0.1) is 5.86 Å². The van der Waals surface area contributed by atoms with E-state index in [1.807, 2.05) is 13.1 Å². The predicted molar refractivity (Wildman–Crippen MR) is 25.5 cm³/mol. The Morgan fingerprint density at radius 3 is 1.80 bits per heavy atom. The summed E-state index contributed by atoms with van der Waals surface area (Å²) >= 11 is 0. The van der Waals surface area contributed by atoms with Crippen LogP contribution < -0.4 is 0 Å². The molecule has 1 nitrogen and oxygen atoms in total. The maximum Gasteiger partial charge on any atom is 0.0505 e. The maximum absolute atomic E-state index is 8.06. The van der Waals surface area contributed by atoms with Gasteiger partial charge in [0, 0.05) is 8.41 Å². The van der Waals surface area contributed by atoms with Gasteiger partial charge < -0.3 is 5.11 Å². The first-order chi connectivity index (χ1) is 2.27. The second kappa shape index (κ2) is 2.14. The molecule has 0 amide bonds. The molecule has 0 radical (unpaired) electrons. The van der Waals surface area contributed by atoms with Crippen molar-refractivity contribution in [2.45, 2.75) is 13.1 Å². The quantitative estimate of drug-likeness (QED) is 0.426. The van der Waals surface area contributed by atoms with Gasteiger partial charge in [0.25, 0.3) is 0 Å². The van der Waals surface area contributed by atoms with Crippen molar-refractivity contribution in [3.63, 3.8) is 0 Å². The van der Waals surface area contributed by atoms with Crippen molar-refractivity contribution >= 4 is 14.3 Å². The lowest BCUT2D eigenvalue weighted by atomic mass is 11.7. The Labute approximate surface area is 33.5 Å². The Balaban J connectivity index is 3.14. The van der Waals surface area contributed by atoms with Crippen LogP contribution in [0.25, 0.3) is 0 Å². The lowest BCUT2D eigenvalue weighted by Gasteiger charge is -1.71. The molecule has 5 heavy (non-hydrogen) atoms. The summed E-state index contributed by atoms with van der Waals surface area (Å²) in [6, 6.07) is 0. The molecule has 0 aliphatic rings. The zero-order valence-corrected chi connectivity index (χ0v) is 4.52. The summed E-state index contributed by atoms with van der Waals surface area (Å²) in [6.45, 7) is 4.04. The summed E-state index contributed by atoms with van der Waals surface area (Å²) in [4.78, 5) is 0. The van der Waals surface area contributed by atoms with Crippen LogP contribution in [0.5, 0.6) is 0 Å². The first-order valence-electron chi connectivity index (χ1n) is 1.55. The Morgan fingerprint density at radius 2 is 1.80 bits per heavy atom. The first kappa shape index (κ1) is 4.89. The molecule has 0 aromatic heterocycles. The van der Waals surface area contributed by atoms with Crippen LogP contribution >= 0.6 is 0 Å². The molecule has 1 N–H and O–H groups in total.